The van der Waals surface area contributed by atoms with Crippen molar-refractivity contribution in [3.63, 3.8) is 0 Å². The summed E-state index contributed by atoms with van der Waals surface area (Å²) in [6.45, 7) is 4.76. The van der Waals surface area contributed by atoms with E-state index in [4.69, 9.17) is 0 Å². The molecule has 0 aromatic carbocycles. The zero-order chi connectivity index (χ0) is 5.98. The highest BCUT2D eigenvalue weighted by atomic mass is 14.2. The normalized spacial score (nSPS) is 35.3. The van der Waals surface area contributed by atoms with Crippen LogP contribution in [0.3, 0.4) is 0 Å². The first-order chi connectivity index (χ1) is 3.80. The van der Waals surface area contributed by atoms with E-state index in [1.54, 1.807) is 0 Å². The van der Waals surface area contributed by atoms with E-state index in [2.05, 4.69) is 13.8 Å². The van der Waals surface area contributed by atoms with E-state index in [-0.39, 0.29) is 6.15 Å². The van der Waals surface area contributed by atoms with Gasteiger partial charge in [-0.2, -0.15) is 0 Å². The fourth-order valence-electron chi connectivity index (χ4n) is 1.50. The molecule has 1 aliphatic carbocycles. The van der Waals surface area contributed by atoms with E-state index in [1.165, 1.54) is 25.7 Å². The molecule has 0 spiro atoms. The molecule has 0 radical (unpaired) electrons. The molecule has 0 aromatic heterocycles. The lowest BCUT2D eigenvalue weighted by Crippen LogP contribution is -2.12. The fourth-order valence-corrected chi connectivity index (χ4v) is 1.50. The van der Waals surface area contributed by atoms with Crippen molar-refractivity contribution in [2.24, 2.45) is 11.8 Å². The first-order valence-corrected chi connectivity index (χ1v) is 3.80. The maximum Gasteiger partial charge on any atom is -0.0417 e. The van der Waals surface area contributed by atoms with Gasteiger partial charge in [0.2, 0.25) is 0 Å². The fraction of sp³-hybridized carbons (Fsp3) is 1.00. The third-order valence-corrected chi connectivity index (χ3v) is 2.54. The van der Waals surface area contributed by atoms with Crippen LogP contribution in [0.4, 0.5) is 0 Å². The highest BCUT2D eigenvalue weighted by Crippen LogP contribution is 2.28. The van der Waals surface area contributed by atoms with E-state index >= 15 is 0 Å². The highest BCUT2D eigenvalue weighted by Gasteiger charge is 2.15. The van der Waals surface area contributed by atoms with Gasteiger partial charge in [-0.15, -0.1) is 0 Å². The first kappa shape index (κ1) is 8.96. The molecule has 0 heterocycles. The van der Waals surface area contributed by atoms with Crippen LogP contribution in [0, 0.1) is 11.8 Å². The Hall–Kier alpha value is -0.0400. The summed E-state index contributed by atoms with van der Waals surface area (Å²) in [5.41, 5.74) is 0. The molecule has 56 valence electrons. The van der Waals surface area contributed by atoms with Crippen LogP contribution in [0.1, 0.15) is 39.5 Å². The zero-order valence-electron chi connectivity index (χ0n) is 6.69. The van der Waals surface area contributed by atoms with E-state index < -0.39 is 0 Å². The summed E-state index contributed by atoms with van der Waals surface area (Å²) in [6, 6.07) is 0. The minimum atomic E-state index is 0. The Morgan fingerprint density at radius 1 is 0.889 bits per heavy atom. The molecule has 3 N–H and O–H groups in total. The van der Waals surface area contributed by atoms with Crippen LogP contribution in [-0.2, 0) is 0 Å². The Morgan fingerprint density at radius 2 is 1.22 bits per heavy atom. The topological polar surface area (TPSA) is 35.0 Å². The third kappa shape index (κ3) is 2.35. The predicted octanol–water partition coefficient (Wildman–Crippen LogP) is 2.99. The third-order valence-electron chi connectivity index (χ3n) is 2.54. The highest BCUT2D eigenvalue weighted by molar-refractivity contribution is 4.67. The summed E-state index contributed by atoms with van der Waals surface area (Å²) in [5.74, 6) is 2.01. The van der Waals surface area contributed by atoms with Crippen molar-refractivity contribution < 1.29 is 0 Å². The lowest BCUT2D eigenvalue weighted by atomic mass is 9.82. The van der Waals surface area contributed by atoms with Gasteiger partial charge in [-0.05, 0) is 11.8 Å². The standard InChI is InChI=1S/C8H16.H3N/c1-7-5-3-4-6-8(7)2;/h7-8H,3-6H2,1-2H3;1H3. The van der Waals surface area contributed by atoms with Gasteiger partial charge in [-0.25, -0.2) is 0 Å². The molecular formula is C8H19N. The molecule has 0 aliphatic heterocycles. The largest absolute Gasteiger partial charge is 0.344 e. The second-order valence-corrected chi connectivity index (χ2v) is 3.24. The summed E-state index contributed by atoms with van der Waals surface area (Å²) in [5, 5.41) is 0. The van der Waals surface area contributed by atoms with Crippen LogP contribution in [0.2, 0.25) is 0 Å². The van der Waals surface area contributed by atoms with Crippen molar-refractivity contribution in [3.8, 4) is 0 Å². The monoisotopic (exact) mass is 129 g/mol. The minimum Gasteiger partial charge on any atom is -0.344 e. The van der Waals surface area contributed by atoms with Gasteiger partial charge in [0.15, 0.2) is 0 Å². The quantitative estimate of drug-likeness (QED) is 0.536. The molecule has 1 rings (SSSR count). The SMILES string of the molecule is CC1CCCCC1C.N. The van der Waals surface area contributed by atoms with Gasteiger partial charge in [0, 0.05) is 0 Å². The molecule has 0 aromatic rings. The van der Waals surface area contributed by atoms with E-state index in [1.807, 2.05) is 0 Å². The van der Waals surface area contributed by atoms with Crippen LogP contribution in [0.15, 0.2) is 0 Å². The average Bonchev–Trinajstić information content (AvgIpc) is 1.77. The van der Waals surface area contributed by atoms with Gasteiger partial charge >= 0.3 is 0 Å². The van der Waals surface area contributed by atoms with Crippen molar-refractivity contribution >= 4 is 0 Å². The lowest BCUT2D eigenvalue weighted by Gasteiger charge is -2.24. The van der Waals surface area contributed by atoms with Crippen LogP contribution < -0.4 is 6.15 Å². The van der Waals surface area contributed by atoms with E-state index in [0.717, 1.165) is 11.8 Å². The second kappa shape index (κ2) is 3.89. The molecule has 1 nitrogen and oxygen atoms in total. The summed E-state index contributed by atoms with van der Waals surface area (Å²) < 4.78 is 0. The first-order valence-electron chi connectivity index (χ1n) is 3.80. The smallest absolute Gasteiger partial charge is 0.0417 e. The minimum absolute atomic E-state index is 0. The Balaban J connectivity index is 0.000000640. The Kier molecular flexibility index (Phi) is 3.87. The molecular weight excluding hydrogens is 110 g/mol. The molecule has 0 bridgehead atoms. The van der Waals surface area contributed by atoms with E-state index in [9.17, 15) is 0 Å². The van der Waals surface area contributed by atoms with Gasteiger partial charge < -0.3 is 6.15 Å². The second-order valence-electron chi connectivity index (χ2n) is 3.24. The molecule has 2 atom stereocenters. The Bertz CT molecular complexity index is 61.0. The zero-order valence-corrected chi connectivity index (χ0v) is 6.69. The number of rotatable bonds is 0. The lowest BCUT2D eigenvalue weighted by molar-refractivity contribution is 0.277. The molecule has 2 unspecified atom stereocenters. The van der Waals surface area contributed by atoms with Crippen LogP contribution in [-0.4, -0.2) is 0 Å². The van der Waals surface area contributed by atoms with Crippen molar-refractivity contribution in [2.75, 3.05) is 0 Å². The van der Waals surface area contributed by atoms with Gasteiger partial charge in [0.25, 0.3) is 0 Å². The van der Waals surface area contributed by atoms with Crippen LogP contribution >= 0.6 is 0 Å². The molecule has 1 aliphatic rings. The molecule has 9 heavy (non-hydrogen) atoms. The maximum atomic E-state index is 2.38. The predicted molar refractivity (Wildman–Crippen MR) is 41.8 cm³/mol. The average molecular weight is 129 g/mol. The molecule has 1 saturated carbocycles. The maximum absolute atomic E-state index is 2.38. The van der Waals surface area contributed by atoms with Gasteiger partial charge in [0.1, 0.15) is 0 Å². The molecule has 1 heteroatoms. The van der Waals surface area contributed by atoms with Gasteiger partial charge in [0.05, 0.1) is 0 Å². The van der Waals surface area contributed by atoms with Crippen molar-refractivity contribution in [1.82, 2.24) is 6.15 Å². The van der Waals surface area contributed by atoms with Crippen molar-refractivity contribution in [3.05, 3.63) is 0 Å². The summed E-state index contributed by atoms with van der Waals surface area (Å²) >= 11 is 0. The van der Waals surface area contributed by atoms with E-state index in [0.29, 0.717) is 0 Å². The number of hydrogen-bond donors (Lipinski definition) is 1. The van der Waals surface area contributed by atoms with Crippen LogP contribution in [0.25, 0.3) is 0 Å². The van der Waals surface area contributed by atoms with Crippen molar-refractivity contribution in [1.29, 1.82) is 0 Å². The summed E-state index contributed by atoms with van der Waals surface area (Å²) in [6.07, 6.45) is 5.90. The Morgan fingerprint density at radius 3 is 1.44 bits per heavy atom. The molecule has 0 amide bonds. The van der Waals surface area contributed by atoms with Gasteiger partial charge in [-0.3, -0.25) is 0 Å². The molecule has 0 saturated heterocycles. The summed E-state index contributed by atoms with van der Waals surface area (Å²) in [7, 11) is 0. The van der Waals surface area contributed by atoms with Gasteiger partial charge in [-0.1, -0.05) is 39.5 Å². The van der Waals surface area contributed by atoms with Crippen LogP contribution in [0.5, 0.6) is 0 Å². The molecule has 1 fully saturated rings. The summed E-state index contributed by atoms with van der Waals surface area (Å²) in [4.78, 5) is 0. The van der Waals surface area contributed by atoms with Crippen molar-refractivity contribution in [2.45, 2.75) is 39.5 Å². The number of hydrogen-bond acceptors (Lipinski definition) is 1. The Labute approximate surface area is 58.4 Å².